The monoisotopic (exact) mass is 532 g/mol. The number of fused-ring (bicyclic) bond motifs is 1. The maximum atomic E-state index is 14.2. The molecule has 5 rings (SSSR count). The Morgan fingerprint density at radius 1 is 0.949 bits per heavy atom. The number of amides is 2. The Kier molecular flexibility index (Phi) is 8.13. The van der Waals surface area contributed by atoms with Gasteiger partial charge in [-0.05, 0) is 43.5 Å². The topological polar surface area (TPSA) is 73.8 Å². The molecule has 1 aliphatic heterocycles. The molecule has 2 aliphatic rings. The first-order valence-electron chi connectivity index (χ1n) is 13.1. The van der Waals surface area contributed by atoms with Crippen LogP contribution in [-0.4, -0.2) is 40.5 Å². The molecule has 0 bridgehead atoms. The van der Waals surface area contributed by atoms with Crippen LogP contribution >= 0.6 is 12.2 Å². The molecule has 0 saturated heterocycles. The normalized spacial score (nSPS) is 16.6. The van der Waals surface area contributed by atoms with Gasteiger partial charge in [-0.25, -0.2) is 4.99 Å². The lowest BCUT2D eigenvalue weighted by molar-refractivity contribution is -0.127. The summed E-state index contributed by atoms with van der Waals surface area (Å²) in [6.07, 6.45) is 5.66. The van der Waals surface area contributed by atoms with Crippen LogP contribution in [0.25, 0.3) is 0 Å². The molecular formula is C31H29BN4O2S. The van der Waals surface area contributed by atoms with Gasteiger partial charge in [0, 0.05) is 22.4 Å². The second-order valence-electron chi connectivity index (χ2n) is 9.57. The van der Waals surface area contributed by atoms with Gasteiger partial charge in [-0.1, -0.05) is 103 Å². The molecule has 8 heteroatoms. The molecular weight excluding hydrogens is 503 g/mol. The Balaban J connectivity index is 1.50. The summed E-state index contributed by atoms with van der Waals surface area (Å²) in [6, 6.07) is 28.8. The lowest BCUT2D eigenvalue weighted by Gasteiger charge is -2.32. The van der Waals surface area contributed by atoms with E-state index in [9.17, 15) is 9.59 Å². The van der Waals surface area contributed by atoms with Crippen molar-refractivity contribution in [3.05, 3.63) is 131 Å². The van der Waals surface area contributed by atoms with Gasteiger partial charge in [0.15, 0.2) is 11.3 Å². The zero-order valence-electron chi connectivity index (χ0n) is 21.7. The summed E-state index contributed by atoms with van der Waals surface area (Å²) in [4.78, 5) is 33.7. The van der Waals surface area contributed by atoms with Crippen LogP contribution in [0.4, 0.5) is 0 Å². The van der Waals surface area contributed by atoms with Crippen molar-refractivity contribution in [2.45, 2.75) is 32.2 Å². The molecule has 1 atom stereocenters. The van der Waals surface area contributed by atoms with E-state index in [0.717, 1.165) is 41.0 Å². The number of aliphatic imine (C=N–C) groups is 1. The number of rotatable bonds is 6. The molecule has 2 amide bonds. The lowest BCUT2D eigenvalue weighted by Crippen LogP contribution is -2.53. The van der Waals surface area contributed by atoms with Crippen LogP contribution < -0.4 is 10.6 Å². The first-order valence-corrected chi connectivity index (χ1v) is 13.5. The van der Waals surface area contributed by atoms with Crippen LogP contribution in [-0.2, 0) is 11.1 Å². The van der Waals surface area contributed by atoms with Crippen molar-refractivity contribution in [1.82, 2.24) is 15.4 Å². The second-order valence-corrected chi connectivity index (χ2v) is 9.98. The van der Waals surface area contributed by atoms with Gasteiger partial charge in [-0.2, -0.15) is 0 Å². The summed E-state index contributed by atoms with van der Waals surface area (Å²) in [5.74, 6) is -0.574. The minimum atomic E-state index is -1.02. The molecule has 0 spiro atoms. The van der Waals surface area contributed by atoms with Crippen molar-refractivity contribution in [3.8, 4) is 0 Å². The highest BCUT2D eigenvalue weighted by Gasteiger charge is 2.38. The van der Waals surface area contributed by atoms with Crippen LogP contribution in [0.1, 0.15) is 34.3 Å². The Hall–Kier alpha value is -4.30. The fraction of sp³-hybridized carbons (Fsp3) is 0.161. The van der Waals surface area contributed by atoms with Crippen LogP contribution in [0, 0.1) is 0 Å². The SMILES string of the molecule is CB(Cc1ccccc1)N1C(=O)C(NC(=S)NC(=O)c2ccccc2)N=C(c2ccccc2)C2=CCCC=C21. The van der Waals surface area contributed by atoms with Crippen LogP contribution in [0.15, 0.2) is 119 Å². The summed E-state index contributed by atoms with van der Waals surface area (Å²) >= 11 is 5.49. The molecule has 0 radical (unpaired) electrons. The third-order valence-corrected chi connectivity index (χ3v) is 6.99. The molecule has 0 saturated carbocycles. The first kappa shape index (κ1) is 26.3. The highest BCUT2D eigenvalue weighted by atomic mass is 32.1. The molecule has 194 valence electrons. The highest BCUT2D eigenvalue weighted by Crippen LogP contribution is 2.31. The predicted molar refractivity (Wildman–Crippen MR) is 160 cm³/mol. The Bertz CT molecular complexity index is 1460. The number of hydrogen-bond donors (Lipinski definition) is 2. The van der Waals surface area contributed by atoms with Gasteiger partial charge in [-0.3, -0.25) is 14.9 Å². The van der Waals surface area contributed by atoms with E-state index < -0.39 is 6.17 Å². The molecule has 6 nitrogen and oxygen atoms in total. The maximum absolute atomic E-state index is 14.2. The minimum absolute atomic E-state index is 0.0434. The van der Waals surface area contributed by atoms with E-state index in [0.29, 0.717) is 11.9 Å². The average Bonchev–Trinajstić information content (AvgIpc) is 3.08. The van der Waals surface area contributed by atoms with Crippen LogP contribution in [0.5, 0.6) is 0 Å². The Labute approximate surface area is 234 Å². The van der Waals surface area contributed by atoms with E-state index >= 15 is 0 Å². The molecule has 3 aromatic rings. The second kappa shape index (κ2) is 12.0. The van der Waals surface area contributed by atoms with Gasteiger partial charge in [-0.15, -0.1) is 0 Å². The smallest absolute Gasteiger partial charge is 0.265 e. The molecule has 3 aromatic carbocycles. The molecule has 2 N–H and O–H groups in total. The van der Waals surface area contributed by atoms with Gasteiger partial charge >= 0.3 is 0 Å². The van der Waals surface area contributed by atoms with E-state index in [1.165, 1.54) is 0 Å². The van der Waals surface area contributed by atoms with Crippen LogP contribution in [0.3, 0.4) is 0 Å². The lowest BCUT2D eigenvalue weighted by atomic mass is 9.57. The number of thiocarbonyl (C=S) groups is 1. The van der Waals surface area contributed by atoms with Gasteiger partial charge < -0.3 is 10.1 Å². The van der Waals surface area contributed by atoms with Crippen LogP contribution in [0.2, 0.25) is 6.82 Å². The number of allylic oxidation sites excluding steroid dienone is 3. The zero-order chi connectivity index (χ0) is 27.2. The predicted octanol–water partition coefficient (Wildman–Crippen LogP) is 4.96. The van der Waals surface area contributed by atoms with Gasteiger partial charge in [0.05, 0.1) is 5.71 Å². The van der Waals surface area contributed by atoms with E-state index in [1.54, 1.807) is 24.3 Å². The highest BCUT2D eigenvalue weighted by molar-refractivity contribution is 7.80. The molecule has 1 unspecified atom stereocenters. The fourth-order valence-electron chi connectivity index (χ4n) is 4.96. The van der Waals surface area contributed by atoms with E-state index in [-0.39, 0.29) is 23.8 Å². The number of carbonyl (C=O) groups excluding carboxylic acids is 2. The number of carbonyl (C=O) groups is 2. The average molecular weight is 532 g/mol. The summed E-state index contributed by atoms with van der Waals surface area (Å²) in [7, 11) is 0. The third kappa shape index (κ3) is 6.07. The molecule has 1 aliphatic carbocycles. The van der Waals surface area contributed by atoms with E-state index in [4.69, 9.17) is 17.2 Å². The van der Waals surface area contributed by atoms with Gasteiger partial charge in [0.1, 0.15) is 0 Å². The van der Waals surface area contributed by atoms with E-state index in [1.807, 2.05) is 59.4 Å². The zero-order valence-corrected chi connectivity index (χ0v) is 22.5. The van der Waals surface area contributed by atoms with Crippen molar-refractivity contribution in [3.63, 3.8) is 0 Å². The Morgan fingerprint density at radius 3 is 2.26 bits per heavy atom. The van der Waals surface area contributed by atoms with Gasteiger partial charge in [0.25, 0.3) is 18.7 Å². The fourth-order valence-corrected chi connectivity index (χ4v) is 5.16. The summed E-state index contributed by atoms with van der Waals surface area (Å²) < 4.78 is 0. The number of nitrogens with one attached hydrogen (secondary N) is 2. The molecule has 1 heterocycles. The largest absolute Gasteiger partial charge is 0.354 e. The molecule has 0 aromatic heterocycles. The summed E-state index contributed by atoms with van der Waals surface area (Å²) in [5.41, 5.74) is 5.04. The summed E-state index contributed by atoms with van der Waals surface area (Å²) in [6.45, 7) is 1.91. The quantitative estimate of drug-likeness (QED) is 0.348. The minimum Gasteiger partial charge on any atom is -0.354 e. The molecule has 39 heavy (non-hydrogen) atoms. The molecule has 0 fully saturated rings. The number of nitrogens with zero attached hydrogens (tertiary/aromatic N) is 2. The number of hydrogen-bond acceptors (Lipinski definition) is 4. The first-order chi connectivity index (χ1) is 19.0. The van der Waals surface area contributed by atoms with Crippen molar-refractivity contribution >= 4 is 41.7 Å². The van der Waals surface area contributed by atoms with Gasteiger partial charge in [0.2, 0.25) is 0 Å². The Morgan fingerprint density at radius 2 is 1.56 bits per heavy atom. The third-order valence-electron chi connectivity index (χ3n) is 6.77. The van der Waals surface area contributed by atoms with Crippen molar-refractivity contribution in [2.24, 2.45) is 4.99 Å². The maximum Gasteiger partial charge on any atom is 0.265 e. The summed E-state index contributed by atoms with van der Waals surface area (Å²) in [5, 5.41) is 5.78. The number of benzene rings is 3. The standard InChI is InChI=1S/C31H29BN4O2S/c1-32(21-22-13-5-2-6-14-22)36-26-20-12-11-19-25(26)27(23-15-7-3-8-16-23)33-28(30(36)38)34-31(39)35-29(37)24-17-9-4-10-18-24/h2-10,13-20,28H,11-12,21H2,1H3,(H2,34,35,37,39). The van der Waals surface area contributed by atoms with E-state index in [2.05, 4.69) is 41.7 Å². The van der Waals surface area contributed by atoms with Crippen molar-refractivity contribution in [1.29, 1.82) is 0 Å². The van der Waals surface area contributed by atoms with Crippen molar-refractivity contribution < 1.29 is 9.59 Å². The van der Waals surface area contributed by atoms with Crippen molar-refractivity contribution in [2.75, 3.05) is 0 Å².